The molecule has 0 radical (unpaired) electrons. The van der Waals surface area contributed by atoms with E-state index in [1.165, 1.54) is 23.9 Å². The van der Waals surface area contributed by atoms with E-state index in [-0.39, 0.29) is 40.0 Å². The number of anilines is 2. The van der Waals surface area contributed by atoms with Crippen LogP contribution in [0.15, 0.2) is 23.4 Å². The molecule has 2 aromatic rings. The molecule has 3 N–H and O–H groups in total. The maximum atomic E-state index is 13.8. The highest BCUT2D eigenvalue weighted by Crippen LogP contribution is 2.34. The molecular weight excluding hydrogens is 453 g/mol. The number of sulfonamides is 1. The summed E-state index contributed by atoms with van der Waals surface area (Å²) in [5, 5.41) is 12.6. The highest BCUT2D eigenvalue weighted by Gasteiger charge is 2.18. The lowest BCUT2D eigenvalue weighted by atomic mass is 10.0. The van der Waals surface area contributed by atoms with Gasteiger partial charge in [0.25, 0.3) is 0 Å². The molecule has 8 nitrogen and oxygen atoms in total. The molecule has 2 rings (SSSR count). The number of benzene rings is 1. The van der Waals surface area contributed by atoms with E-state index < -0.39 is 15.8 Å². The Morgan fingerprint density at radius 3 is 2.43 bits per heavy atom. The van der Waals surface area contributed by atoms with Gasteiger partial charge in [0.05, 0.1) is 23.9 Å². The smallest absolute Gasteiger partial charge is 0.242 e. The van der Waals surface area contributed by atoms with Crippen LogP contribution in [0.2, 0.25) is 5.02 Å². The third-order valence-electron chi connectivity index (χ3n) is 3.90. The van der Waals surface area contributed by atoms with Crippen LogP contribution in [-0.2, 0) is 10.0 Å². The molecule has 0 aliphatic carbocycles. The van der Waals surface area contributed by atoms with Gasteiger partial charge in [-0.25, -0.2) is 12.8 Å². The van der Waals surface area contributed by atoms with Crippen LogP contribution < -0.4 is 10.0 Å². The number of halogens is 2. The van der Waals surface area contributed by atoms with Crippen LogP contribution in [-0.4, -0.2) is 47.4 Å². The first-order valence-corrected chi connectivity index (χ1v) is 12.3. The Labute approximate surface area is 185 Å². The molecular formula is C18H25ClFN5O3S2. The number of aromatic nitrogens is 3. The van der Waals surface area contributed by atoms with E-state index >= 15 is 0 Å². The van der Waals surface area contributed by atoms with Gasteiger partial charge in [-0.05, 0) is 37.0 Å². The Bertz CT molecular complexity index is 978. The van der Waals surface area contributed by atoms with E-state index in [0.717, 1.165) is 6.26 Å². The predicted octanol–water partition coefficient (Wildman–Crippen LogP) is 3.71. The number of aliphatic hydroxyl groups excluding tert-OH is 1. The summed E-state index contributed by atoms with van der Waals surface area (Å²) >= 11 is 6.94. The monoisotopic (exact) mass is 477 g/mol. The van der Waals surface area contributed by atoms with Crippen molar-refractivity contribution in [3.05, 3.63) is 34.6 Å². The molecule has 166 valence electrons. The van der Waals surface area contributed by atoms with Gasteiger partial charge in [0.15, 0.2) is 5.16 Å². The van der Waals surface area contributed by atoms with Gasteiger partial charge in [-0.15, -0.1) is 0 Å². The van der Waals surface area contributed by atoms with Crippen molar-refractivity contribution in [3.8, 4) is 0 Å². The zero-order valence-corrected chi connectivity index (χ0v) is 19.4. The van der Waals surface area contributed by atoms with E-state index in [9.17, 15) is 17.9 Å². The van der Waals surface area contributed by atoms with Crippen molar-refractivity contribution >= 4 is 45.3 Å². The van der Waals surface area contributed by atoms with Crippen LogP contribution in [0.1, 0.15) is 38.0 Å². The Kier molecular flexibility index (Phi) is 8.65. The number of aliphatic hydroxyl groups is 1. The first-order valence-electron chi connectivity index (χ1n) is 9.19. The second kappa shape index (κ2) is 10.6. The van der Waals surface area contributed by atoms with Crippen LogP contribution in [0, 0.1) is 11.7 Å². The minimum Gasteiger partial charge on any atom is -0.394 e. The molecule has 1 aromatic heterocycles. The van der Waals surface area contributed by atoms with Crippen molar-refractivity contribution in [1.82, 2.24) is 15.0 Å². The van der Waals surface area contributed by atoms with Crippen molar-refractivity contribution in [2.45, 2.75) is 43.6 Å². The highest BCUT2D eigenvalue weighted by molar-refractivity contribution is 7.99. The van der Waals surface area contributed by atoms with Gasteiger partial charge in [-0.1, -0.05) is 43.3 Å². The Morgan fingerprint density at radius 2 is 1.87 bits per heavy atom. The molecule has 30 heavy (non-hydrogen) atoms. The largest absolute Gasteiger partial charge is 0.394 e. The molecule has 2 atom stereocenters. The fourth-order valence-corrected chi connectivity index (χ4v) is 4.03. The van der Waals surface area contributed by atoms with Crippen LogP contribution in [0.4, 0.5) is 16.3 Å². The predicted molar refractivity (Wildman–Crippen MR) is 118 cm³/mol. The van der Waals surface area contributed by atoms with Gasteiger partial charge in [0, 0.05) is 5.25 Å². The molecule has 0 saturated heterocycles. The van der Waals surface area contributed by atoms with E-state index in [0.29, 0.717) is 17.9 Å². The van der Waals surface area contributed by atoms with Crippen LogP contribution >= 0.6 is 23.4 Å². The van der Waals surface area contributed by atoms with Gasteiger partial charge < -0.3 is 10.4 Å². The maximum Gasteiger partial charge on any atom is 0.242 e. The van der Waals surface area contributed by atoms with Gasteiger partial charge in [0.1, 0.15) is 5.82 Å². The number of nitrogens with one attached hydrogen (secondary N) is 2. The lowest BCUT2D eigenvalue weighted by molar-refractivity contribution is 0.259. The van der Waals surface area contributed by atoms with Crippen molar-refractivity contribution < 1.29 is 17.9 Å². The highest BCUT2D eigenvalue weighted by atomic mass is 35.5. The summed E-state index contributed by atoms with van der Waals surface area (Å²) in [4.78, 5) is 12.6. The number of hydrogen-bond acceptors (Lipinski definition) is 8. The molecule has 0 saturated carbocycles. The topological polar surface area (TPSA) is 117 Å². The molecule has 1 unspecified atom stereocenters. The van der Waals surface area contributed by atoms with Crippen molar-refractivity contribution in [1.29, 1.82) is 0 Å². The Hall–Kier alpha value is -1.69. The van der Waals surface area contributed by atoms with Crippen LogP contribution in [0.3, 0.4) is 0 Å². The first-order chi connectivity index (χ1) is 14.0. The molecule has 0 aliphatic rings. The molecule has 0 fully saturated rings. The zero-order valence-electron chi connectivity index (χ0n) is 17.1. The number of rotatable bonds is 10. The van der Waals surface area contributed by atoms with Gasteiger partial charge in [-0.2, -0.15) is 15.0 Å². The van der Waals surface area contributed by atoms with Crippen LogP contribution in [0.25, 0.3) is 0 Å². The summed E-state index contributed by atoms with van der Waals surface area (Å²) in [5.74, 6) is -0.224. The minimum absolute atomic E-state index is 0.0300. The lowest BCUT2D eigenvalue weighted by Gasteiger charge is -2.19. The summed E-state index contributed by atoms with van der Waals surface area (Å²) in [6, 6.07) is 4.20. The fourth-order valence-electron chi connectivity index (χ4n) is 2.61. The molecule has 0 amide bonds. The Morgan fingerprint density at radius 1 is 1.20 bits per heavy atom. The number of hydrogen-bond donors (Lipinski definition) is 3. The van der Waals surface area contributed by atoms with E-state index in [1.54, 1.807) is 6.07 Å². The third-order valence-corrected chi connectivity index (χ3v) is 5.78. The van der Waals surface area contributed by atoms with E-state index in [4.69, 9.17) is 11.6 Å². The van der Waals surface area contributed by atoms with Crippen LogP contribution in [0.5, 0.6) is 0 Å². The summed E-state index contributed by atoms with van der Waals surface area (Å²) in [6.07, 6.45) is 1.66. The molecule has 1 heterocycles. The zero-order chi connectivity index (χ0) is 22.5. The van der Waals surface area contributed by atoms with Crippen molar-refractivity contribution in [3.63, 3.8) is 0 Å². The minimum atomic E-state index is -3.61. The maximum absolute atomic E-state index is 13.8. The first kappa shape index (κ1) is 24.6. The van der Waals surface area contributed by atoms with Crippen molar-refractivity contribution in [2.75, 3.05) is 22.9 Å². The molecule has 0 bridgehead atoms. The number of thioether (sulfide) groups is 1. The van der Waals surface area contributed by atoms with Gasteiger partial charge >= 0.3 is 0 Å². The van der Waals surface area contributed by atoms with Gasteiger partial charge in [-0.3, -0.25) is 4.72 Å². The third kappa shape index (κ3) is 7.86. The summed E-state index contributed by atoms with van der Waals surface area (Å²) < 4.78 is 39.3. The molecule has 0 aliphatic heterocycles. The SMILES string of the molecule is CC(C)C[C@H](CO)Nc1nc(NS(C)(=O)=O)nc(SC(C)c2ccc(Cl)c(F)c2)n1. The average molecular weight is 478 g/mol. The average Bonchev–Trinajstić information content (AvgIpc) is 2.61. The quantitative estimate of drug-likeness (QED) is 0.443. The van der Waals surface area contributed by atoms with Gasteiger partial charge in [0.2, 0.25) is 21.9 Å². The molecule has 12 heteroatoms. The molecule has 1 aromatic carbocycles. The summed E-state index contributed by atoms with van der Waals surface area (Å²) in [6.45, 7) is 5.73. The Balaban J connectivity index is 2.31. The second-order valence-electron chi connectivity index (χ2n) is 7.23. The standard InChI is InChI=1S/C18H25ClFN5O3S2/c1-10(2)7-13(9-26)21-16-22-17(25-30(4,27)28)24-18(23-16)29-11(3)12-5-6-14(19)15(20)8-12/h5-6,8,10-11,13,26H,7,9H2,1-4H3,(H2,21,22,23,24,25)/t11?,13-/m1/s1. The lowest BCUT2D eigenvalue weighted by Crippen LogP contribution is -2.27. The van der Waals surface area contributed by atoms with E-state index in [1.807, 2.05) is 20.8 Å². The molecule has 0 spiro atoms. The summed E-state index contributed by atoms with van der Waals surface area (Å²) in [7, 11) is -3.61. The number of nitrogens with zero attached hydrogens (tertiary/aromatic N) is 3. The van der Waals surface area contributed by atoms with Crippen molar-refractivity contribution in [2.24, 2.45) is 5.92 Å². The van der Waals surface area contributed by atoms with E-state index in [2.05, 4.69) is 25.0 Å². The summed E-state index contributed by atoms with van der Waals surface area (Å²) in [5.41, 5.74) is 0.669. The second-order valence-corrected chi connectivity index (χ2v) is 10.7. The normalized spacial score (nSPS) is 13.9. The fraction of sp³-hybridized carbons (Fsp3) is 0.500.